The minimum Gasteiger partial charge on any atom is -0.344 e. The summed E-state index contributed by atoms with van der Waals surface area (Å²) in [7, 11) is 1.92. The molecule has 3 rings (SSSR count). The summed E-state index contributed by atoms with van der Waals surface area (Å²) in [5.74, 6) is 2.33. The summed E-state index contributed by atoms with van der Waals surface area (Å²) >= 11 is 8.24. The predicted octanol–water partition coefficient (Wildman–Crippen LogP) is 8.03. The van der Waals surface area contributed by atoms with E-state index in [4.69, 9.17) is 0 Å². The number of aldehydes is 1. The van der Waals surface area contributed by atoms with Crippen LogP contribution >= 0.6 is 36.2 Å². The number of carbonyl (C=O) groups excluding carboxylic acids is 1. The normalized spacial score (nSPS) is 21.4. The van der Waals surface area contributed by atoms with Crippen molar-refractivity contribution >= 4 is 42.4 Å². The molecule has 1 aromatic rings. The number of thiol groups is 1. The Bertz CT molecular complexity index is 933. The van der Waals surface area contributed by atoms with Crippen molar-refractivity contribution in [2.45, 2.75) is 82.0 Å². The van der Waals surface area contributed by atoms with Crippen molar-refractivity contribution in [2.75, 3.05) is 12.8 Å². The maximum Gasteiger partial charge on any atom is 0.167 e. The topological polar surface area (TPSA) is 20.3 Å². The van der Waals surface area contributed by atoms with Gasteiger partial charge < -0.3 is 4.90 Å². The average Bonchev–Trinajstić information content (AvgIpc) is 2.78. The monoisotopic (exact) mass is 501 g/mol. The number of carbonyl (C=O) groups is 1. The second-order valence-electron chi connectivity index (χ2n) is 9.39. The van der Waals surface area contributed by atoms with Gasteiger partial charge in [-0.3, -0.25) is 4.79 Å². The molecule has 1 aromatic carbocycles. The van der Waals surface area contributed by atoms with Gasteiger partial charge in [0.15, 0.2) is 6.29 Å². The third-order valence-corrected chi connectivity index (χ3v) is 9.70. The standard InChI is InChI=1S/C28H39NOS3/c1-6-7-8-11-22-14-20(3)27(23-12-9-10-19(2)13-23)24(15-22)17-32-18-26-25(16-30)29(5)21(4)28(31)33-26/h13-16,23,28,31H,4,6-12,17-18H2,1-3,5H3. The molecule has 33 heavy (non-hydrogen) atoms. The smallest absolute Gasteiger partial charge is 0.167 e. The third-order valence-electron chi connectivity index (χ3n) is 6.76. The molecule has 2 unspecified atom stereocenters. The summed E-state index contributed by atoms with van der Waals surface area (Å²) in [6.07, 6.45) is 12.2. The van der Waals surface area contributed by atoms with Crippen molar-refractivity contribution in [3.8, 4) is 0 Å². The number of likely N-dealkylation sites (N-methyl/N-ethyl adjacent to an activating group) is 1. The summed E-state index contributed by atoms with van der Waals surface area (Å²) in [6.45, 7) is 10.9. The highest BCUT2D eigenvalue weighted by Crippen LogP contribution is 2.41. The van der Waals surface area contributed by atoms with Gasteiger partial charge in [-0.05, 0) is 68.2 Å². The van der Waals surface area contributed by atoms with Crippen molar-refractivity contribution in [3.63, 3.8) is 0 Å². The van der Waals surface area contributed by atoms with Crippen LogP contribution in [0.2, 0.25) is 0 Å². The minimum absolute atomic E-state index is 0.00403. The number of nitrogens with zero attached hydrogens (tertiary/aromatic N) is 1. The molecule has 0 spiro atoms. The summed E-state index contributed by atoms with van der Waals surface area (Å²) in [4.78, 5) is 14.8. The summed E-state index contributed by atoms with van der Waals surface area (Å²) < 4.78 is 0.00403. The zero-order valence-corrected chi connectivity index (χ0v) is 23.2. The average molecular weight is 502 g/mol. The second-order valence-corrected chi connectivity index (χ2v) is 12.4. The maximum atomic E-state index is 11.8. The highest BCUT2D eigenvalue weighted by Gasteiger charge is 2.26. The second kappa shape index (κ2) is 12.6. The first kappa shape index (κ1) is 26.6. The van der Waals surface area contributed by atoms with Gasteiger partial charge in [0.05, 0.1) is 10.3 Å². The molecule has 0 aromatic heterocycles. The highest BCUT2D eigenvalue weighted by molar-refractivity contribution is 8.14. The Kier molecular flexibility index (Phi) is 10.1. The third kappa shape index (κ3) is 6.76. The number of unbranched alkanes of at least 4 members (excludes halogenated alkanes) is 2. The molecule has 0 fully saturated rings. The van der Waals surface area contributed by atoms with E-state index in [9.17, 15) is 4.79 Å². The molecule has 1 aliphatic heterocycles. The minimum atomic E-state index is 0.00403. The first-order chi connectivity index (χ1) is 15.8. The predicted molar refractivity (Wildman–Crippen MR) is 151 cm³/mol. The molecule has 0 saturated carbocycles. The molecule has 0 N–H and O–H groups in total. The van der Waals surface area contributed by atoms with Crippen LogP contribution in [-0.4, -0.2) is 28.6 Å². The molecular weight excluding hydrogens is 463 g/mol. The Morgan fingerprint density at radius 3 is 2.76 bits per heavy atom. The number of hydrogen-bond acceptors (Lipinski definition) is 5. The van der Waals surface area contributed by atoms with Gasteiger partial charge in [-0.25, -0.2) is 0 Å². The lowest BCUT2D eigenvalue weighted by Gasteiger charge is -2.32. The molecule has 0 radical (unpaired) electrons. The fraction of sp³-hybridized carbons (Fsp3) is 0.536. The molecular formula is C28H39NOS3. The van der Waals surface area contributed by atoms with Crippen LogP contribution in [0, 0.1) is 6.92 Å². The Morgan fingerprint density at radius 2 is 2.06 bits per heavy atom. The van der Waals surface area contributed by atoms with Crippen molar-refractivity contribution in [2.24, 2.45) is 0 Å². The molecule has 0 bridgehead atoms. The van der Waals surface area contributed by atoms with Gasteiger partial charge in [-0.15, -0.1) is 11.8 Å². The van der Waals surface area contributed by atoms with Crippen LogP contribution in [-0.2, 0) is 17.0 Å². The number of rotatable bonds is 10. The van der Waals surface area contributed by atoms with Gasteiger partial charge in [0, 0.05) is 35.1 Å². The van der Waals surface area contributed by atoms with Crippen LogP contribution in [0.15, 0.2) is 46.7 Å². The molecule has 2 aliphatic rings. The zero-order valence-electron chi connectivity index (χ0n) is 20.7. The van der Waals surface area contributed by atoms with E-state index in [-0.39, 0.29) is 4.58 Å². The van der Waals surface area contributed by atoms with Crippen LogP contribution in [0.4, 0.5) is 0 Å². The number of benzene rings is 1. The van der Waals surface area contributed by atoms with Gasteiger partial charge in [0.25, 0.3) is 0 Å². The van der Waals surface area contributed by atoms with Gasteiger partial charge in [0.1, 0.15) is 0 Å². The van der Waals surface area contributed by atoms with Crippen LogP contribution in [0.25, 0.3) is 0 Å². The lowest BCUT2D eigenvalue weighted by atomic mass is 9.81. The summed E-state index contributed by atoms with van der Waals surface area (Å²) in [5.41, 5.74) is 9.08. The summed E-state index contributed by atoms with van der Waals surface area (Å²) in [6, 6.07) is 4.91. The molecule has 1 heterocycles. The Morgan fingerprint density at radius 1 is 1.27 bits per heavy atom. The quantitative estimate of drug-likeness (QED) is 0.151. The molecule has 180 valence electrons. The molecule has 1 aliphatic carbocycles. The number of thioether (sulfide) groups is 2. The van der Waals surface area contributed by atoms with Crippen LogP contribution in [0.5, 0.6) is 0 Å². The largest absolute Gasteiger partial charge is 0.344 e. The Hall–Kier alpha value is -1.04. The van der Waals surface area contributed by atoms with Crippen molar-refractivity contribution < 1.29 is 4.79 Å². The molecule has 0 saturated heterocycles. The van der Waals surface area contributed by atoms with Crippen LogP contribution < -0.4 is 0 Å². The maximum absolute atomic E-state index is 11.8. The van der Waals surface area contributed by atoms with E-state index >= 15 is 0 Å². The molecule has 5 heteroatoms. The van der Waals surface area contributed by atoms with Gasteiger partial charge in [-0.2, -0.15) is 24.4 Å². The molecule has 2 atom stereocenters. The van der Waals surface area contributed by atoms with Gasteiger partial charge in [0.2, 0.25) is 0 Å². The zero-order chi connectivity index (χ0) is 24.0. The number of allylic oxidation sites excluding steroid dienone is 3. The Balaban J connectivity index is 1.83. The first-order valence-corrected chi connectivity index (χ1v) is 14.7. The van der Waals surface area contributed by atoms with E-state index in [1.807, 2.05) is 23.7 Å². The van der Waals surface area contributed by atoms with E-state index in [2.05, 4.69) is 58.2 Å². The van der Waals surface area contributed by atoms with E-state index in [1.54, 1.807) is 17.3 Å². The lowest BCUT2D eigenvalue weighted by molar-refractivity contribution is -0.105. The van der Waals surface area contributed by atoms with Gasteiger partial charge >= 0.3 is 0 Å². The van der Waals surface area contributed by atoms with Crippen molar-refractivity contribution in [1.82, 2.24) is 4.90 Å². The fourth-order valence-electron chi connectivity index (χ4n) is 4.94. The van der Waals surface area contributed by atoms with E-state index in [0.29, 0.717) is 5.92 Å². The van der Waals surface area contributed by atoms with E-state index in [1.165, 1.54) is 60.8 Å². The number of aryl methyl sites for hydroxylation is 2. The highest BCUT2D eigenvalue weighted by atomic mass is 32.2. The van der Waals surface area contributed by atoms with Crippen LogP contribution in [0.1, 0.15) is 80.5 Å². The van der Waals surface area contributed by atoms with Crippen molar-refractivity contribution in [1.29, 1.82) is 0 Å². The van der Waals surface area contributed by atoms with Crippen molar-refractivity contribution in [3.05, 3.63) is 68.9 Å². The Labute approximate surface area is 215 Å². The molecule has 0 amide bonds. The number of hydrogen-bond donors (Lipinski definition) is 1. The van der Waals surface area contributed by atoms with E-state index in [0.717, 1.165) is 40.5 Å². The lowest BCUT2D eigenvalue weighted by Crippen LogP contribution is -2.27. The molecule has 2 nitrogen and oxygen atoms in total. The van der Waals surface area contributed by atoms with Crippen LogP contribution in [0.3, 0.4) is 0 Å². The fourth-order valence-corrected chi connectivity index (χ4v) is 7.78. The van der Waals surface area contributed by atoms with E-state index < -0.39 is 0 Å². The summed E-state index contributed by atoms with van der Waals surface area (Å²) in [5, 5.41) is 0. The van der Waals surface area contributed by atoms with Gasteiger partial charge in [-0.1, -0.05) is 50.1 Å². The SMILES string of the molecule is C=C1C(S)SC(CSCc2cc(CCCCC)cc(C)c2C2C=C(C)CCC2)=C(C=O)N1C. The first-order valence-electron chi connectivity index (χ1n) is 12.2.